The van der Waals surface area contributed by atoms with Crippen LogP contribution in [0.5, 0.6) is 0 Å². The average Bonchev–Trinajstić information content (AvgIpc) is 2.68. The molecule has 104 valence electrons. The number of benzene rings is 1. The van der Waals surface area contributed by atoms with Crippen LogP contribution < -0.4 is 0 Å². The van der Waals surface area contributed by atoms with Gasteiger partial charge in [0, 0.05) is 0 Å². The van der Waals surface area contributed by atoms with Gasteiger partial charge < -0.3 is 10.3 Å². The van der Waals surface area contributed by atoms with Crippen molar-refractivity contribution in [2.45, 2.75) is 13.5 Å². The first-order valence-corrected chi connectivity index (χ1v) is 5.99. The average molecular weight is 297 g/mol. The molecule has 2 rings (SSSR count). The highest BCUT2D eigenvalue weighted by Gasteiger charge is 2.27. The second-order valence-electron chi connectivity index (χ2n) is 4.16. The highest BCUT2D eigenvalue weighted by atomic mass is 35.5. The second kappa shape index (κ2) is 5.30. The number of aromatic nitrogens is 2. The van der Waals surface area contributed by atoms with E-state index in [1.807, 2.05) is 0 Å². The molecule has 0 spiro atoms. The van der Waals surface area contributed by atoms with Crippen LogP contribution in [0.3, 0.4) is 0 Å². The van der Waals surface area contributed by atoms with Gasteiger partial charge in [-0.2, -0.15) is 4.68 Å². The van der Waals surface area contributed by atoms with Gasteiger partial charge >= 0.3 is 11.8 Å². The molecule has 0 fully saturated rings. The molecule has 1 aromatic heterocycles. The standard InChI is InChI=1S/C12H10ClN3O4/c1-7-10(13)11(16(19)20)14-15(7)6-8-2-4-9(5-3-8)12(17)18/h2-5H,6H2,1H3,(H-,17,18,19,20)/p+1. The van der Waals surface area contributed by atoms with Crippen LogP contribution in [0.4, 0.5) is 5.82 Å². The zero-order chi connectivity index (χ0) is 14.9. The predicted molar refractivity (Wildman–Crippen MR) is 69.6 cm³/mol. The van der Waals surface area contributed by atoms with E-state index >= 15 is 0 Å². The van der Waals surface area contributed by atoms with Gasteiger partial charge in [-0.3, -0.25) is 0 Å². The summed E-state index contributed by atoms with van der Waals surface area (Å²) >= 11 is 5.88. The second-order valence-corrected chi connectivity index (χ2v) is 4.53. The van der Waals surface area contributed by atoms with E-state index in [0.717, 1.165) is 5.56 Å². The summed E-state index contributed by atoms with van der Waals surface area (Å²) in [4.78, 5) is 21.2. The molecule has 2 N–H and O–H groups in total. The maximum Gasteiger partial charge on any atom is 0.452 e. The molecule has 7 nitrogen and oxygen atoms in total. The Balaban J connectivity index is 2.28. The van der Waals surface area contributed by atoms with Gasteiger partial charge in [-0.05, 0) is 29.5 Å². The summed E-state index contributed by atoms with van der Waals surface area (Å²) in [6.45, 7) is 1.97. The molecule has 0 saturated carbocycles. The van der Waals surface area contributed by atoms with Gasteiger partial charge in [-0.15, -0.1) is 0 Å². The third-order valence-electron chi connectivity index (χ3n) is 2.83. The van der Waals surface area contributed by atoms with Crippen molar-refractivity contribution in [1.82, 2.24) is 9.78 Å². The van der Waals surface area contributed by atoms with Gasteiger partial charge in [0.05, 0.1) is 22.9 Å². The van der Waals surface area contributed by atoms with Crippen LogP contribution in [0.2, 0.25) is 5.02 Å². The molecular weight excluding hydrogens is 286 g/mol. The van der Waals surface area contributed by atoms with Gasteiger partial charge in [0.1, 0.15) is 0 Å². The van der Waals surface area contributed by atoms with Crippen molar-refractivity contribution in [3.05, 3.63) is 51.0 Å². The van der Waals surface area contributed by atoms with Crippen molar-refractivity contribution in [2.24, 2.45) is 0 Å². The summed E-state index contributed by atoms with van der Waals surface area (Å²) in [5.41, 5.74) is 1.50. The third kappa shape index (κ3) is 2.62. The first-order chi connectivity index (χ1) is 9.40. The van der Waals surface area contributed by atoms with Crippen molar-refractivity contribution >= 4 is 23.4 Å². The zero-order valence-electron chi connectivity index (χ0n) is 10.4. The Labute approximate surface area is 118 Å². The molecule has 2 aromatic rings. The van der Waals surface area contributed by atoms with Gasteiger partial charge in [0.15, 0.2) is 9.95 Å². The Hall–Kier alpha value is -2.41. The first-order valence-electron chi connectivity index (χ1n) is 5.61. The van der Waals surface area contributed by atoms with Gasteiger partial charge in [-0.1, -0.05) is 23.7 Å². The summed E-state index contributed by atoms with van der Waals surface area (Å²) in [6.07, 6.45) is 0. The van der Waals surface area contributed by atoms with E-state index in [0.29, 0.717) is 12.2 Å². The molecule has 0 saturated heterocycles. The Kier molecular flexibility index (Phi) is 3.71. The molecule has 20 heavy (non-hydrogen) atoms. The van der Waals surface area contributed by atoms with Crippen LogP contribution in [0.15, 0.2) is 24.3 Å². The molecule has 0 radical (unpaired) electrons. The molecule has 8 heteroatoms. The van der Waals surface area contributed by atoms with E-state index in [1.54, 1.807) is 19.1 Å². The van der Waals surface area contributed by atoms with Gasteiger partial charge in [-0.25, -0.2) is 4.79 Å². The van der Waals surface area contributed by atoms with Gasteiger partial charge in [0.2, 0.25) is 0 Å². The molecule has 1 aromatic carbocycles. The molecular formula is C12H11ClN3O4+. The lowest BCUT2D eigenvalue weighted by Gasteiger charge is -2.01. The molecule has 0 bridgehead atoms. The molecule has 0 atom stereocenters. The summed E-state index contributed by atoms with van der Waals surface area (Å²) in [7, 11) is 0. The van der Waals surface area contributed by atoms with E-state index in [-0.39, 0.29) is 21.3 Å². The quantitative estimate of drug-likeness (QED) is 0.845. The monoisotopic (exact) mass is 296 g/mol. The molecule has 0 aliphatic carbocycles. The molecule has 0 aliphatic rings. The maximum atomic E-state index is 10.9. The Morgan fingerprint density at radius 1 is 1.40 bits per heavy atom. The number of carboxylic acid groups (broad SMARTS) is 1. The van der Waals surface area contributed by atoms with Crippen molar-refractivity contribution in [3.63, 3.8) is 0 Å². The summed E-state index contributed by atoms with van der Waals surface area (Å²) in [6, 6.07) is 6.24. The lowest BCUT2D eigenvalue weighted by atomic mass is 10.1. The maximum absolute atomic E-state index is 10.9. The van der Waals surface area contributed by atoms with E-state index < -0.39 is 5.97 Å². The molecule has 1 heterocycles. The Morgan fingerprint density at radius 3 is 2.45 bits per heavy atom. The Bertz CT molecular complexity index is 679. The smallest absolute Gasteiger partial charge is 0.452 e. The van der Waals surface area contributed by atoms with E-state index in [2.05, 4.69) is 5.10 Å². The fourth-order valence-corrected chi connectivity index (χ4v) is 1.92. The van der Waals surface area contributed by atoms with Crippen molar-refractivity contribution < 1.29 is 20.0 Å². The fourth-order valence-electron chi connectivity index (χ4n) is 1.71. The minimum Gasteiger partial charge on any atom is -0.478 e. The van der Waals surface area contributed by atoms with E-state index in [4.69, 9.17) is 21.9 Å². The van der Waals surface area contributed by atoms with Crippen LogP contribution in [0, 0.1) is 11.8 Å². The van der Waals surface area contributed by atoms with Crippen LogP contribution in [0.1, 0.15) is 21.6 Å². The van der Waals surface area contributed by atoms with Crippen LogP contribution in [-0.2, 0) is 6.54 Å². The summed E-state index contributed by atoms with van der Waals surface area (Å²) in [5.74, 6) is -1.27. The lowest BCUT2D eigenvalue weighted by Crippen LogP contribution is -2.05. The normalized spacial score (nSPS) is 10.5. The number of aromatic carboxylic acids is 1. The molecule has 0 aliphatic heterocycles. The number of carbonyl (C=O) groups is 1. The number of hydrogen-bond acceptors (Lipinski definition) is 3. The molecule has 0 unspecified atom stereocenters. The van der Waals surface area contributed by atoms with Crippen LogP contribution in [0.25, 0.3) is 0 Å². The number of halogens is 1. The van der Waals surface area contributed by atoms with Crippen LogP contribution >= 0.6 is 11.6 Å². The van der Waals surface area contributed by atoms with E-state index in [1.165, 1.54) is 16.8 Å². The third-order valence-corrected chi connectivity index (χ3v) is 3.27. The largest absolute Gasteiger partial charge is 0.478 e. The molecule has 0 amide bonds. The zero-order valence-corrected chi connectivity index (χ0v) is 11.2. The van der Waals surface area contributed by atoms with Crippen molar-refractivity contribution in [2.75, 3.05) is 0 Å². The Morgan fingerprint density at radius 2 is 2.00 bits per heavy atom. The summed E-state index contributed by atoms with van der Waals surface area (Å²) < 4.78 is 1.45. The summed E-state index contributed by atoms with van der Waals surface area (Å²) in [5, 5.41) is 21.6. The van der Waals surface area contributed by atoms with Gasteiger partial charge in [0.25, 0.3) is 0 Å². The highest BCUT2D eigenvalue weighted by Crippen LogP contribution is 2.26. The fraction of sp³-hybridized carbons (Fsp3) is 0.167. The van der Waals surface area contributed by atoms with E-state index in [9.17, 15) is 9.70 Å². The SMILES string of the molecule is Cc1c(Cl)c([N+](=O)O)nn1Cc1ccc(C(=O)O)cc1. The number of hydrogen-bond donors (Lipinski definition) is 2. The predicted octanol–water partition coefficient (Wildman–Crippen LogP) is 2.39. The number of carboxylic acids is 1. The lowest BCUT2D eigenvalue weighted by molar-refractivity contribution is -0.732. The number of rotatable bonds is 4. The highest BCUT2D eigenvalue weighted by molar-refractivity contribution is 6.33. The minimum absolute atomic E-state index is 0.0738. The first kappa shape index (κ1) is 14.0. The topological polar surface area (TPSA) is 95.4 Å². The minimum atomic E-state index is -1.00. The van der Waals surface area contributed by atoms with Crippen LogP contribution in [-0.4, -0.2) is 31.0 Å². The van der Waals surface area contributed by atoms with Crippen molar-refractivity contribution in [1.29, 1.82) is 0 Å². The number of nitrogens with zero attached hydrogens (tertiary/aromatic N) is 3. The van der Waals surface area contributed by atoms with Crippen molar-refractivity contribution in [3.8, 4) is 0 Å².